The smallest absolute Gasteiger partial charge is 0 e. The first-order valence-electron chi connectivity index (χ1n) is 4.26. The molecule has 67 valence electrons. The molecule has 0 aliphatic heterocycles. The van der Waals surface area contributed by atoms with E-state index in [2.05, 4.69) is 10.5 Å². The van der Waals surface area contributed by atoms with Crippen molar-refractivity contribution in [3.8, 4) is 0 Å². The van der Waals surface area contributed by atoms with Crippen LogP contribution in [0.2, 0.25) is 0 Å². The Morgan fingerprint density at radius 1 is 1.23 bits per heavy atom. The average Bonchev–Trinajstić information content (AvgIpc) is 2.04. The van der Waals surface area contributed by atoms with E-state index >= 15 is 0 Å². The van der Waals surface area contributed by atoms with E-state index in [1.54, 1.807) is 0 Å². The van der Waals surface area contributed by atoms with Crippen molar-refractivity contribution >= 4 is 54.9 Å². The third-order valence-corrected chi connectivity index (χ3v) is 2.32. The Labute approximate surface area is 152 Å². The summed E-state index contributed by atoms with van der Waals surface area (Å²) in [4.78, 5) is 10.7. The average molecular weight is 460 g/mol. The second-order valence-corrected chi connectivity index (χ2v) is 3.29. The zero-order chi connectivity index (χ0) is 8.53. The molecule has 2 nitrogen and oxygen atoms in total. The Hall–Kier alpha value is 2.59. The Morgan fingerprint density at radius 2 is 1.77 bits per heavy atom. The van der Waals surface area contributed by atoms with E-state index < -0.39 is 0 Å². The minimum absolute atomic E-state index is 0. The van der Waals surface area contributed by atoms with Gasteiger partial charge in [0.2, 0.25) is 0 Å². The number of carbonyl (C=O) groups excluding carboxylic acids is 1. The molecule has 0 aliphatic rings. The summed E-state index contributed by atoms with van der Waals surface area (Å²) in [5.74, 6) is -0.0264. The van der Waals surface area contributed by atoms with Crippen LogP contribution in [0, 0.1) is 0 Å². The van der Waals surface area contributed by atoms with E-state index in [0.29, 0.717) is 25.1 Å². The molecule has 0 atom stereocenters. The summed E-state index contributed by atoms with van der Waals surface area (Å²) in [5.41, 5.74) is 0. The maximum absolute atomic E-state index is 10.7. The first-order chi connectivity index (χ1) is 5.31. The molecule has 0 aromatic rings. The topological polar surface area (TPSA) is 26.3 Å². The second-order valence-electron chi connectivity index (χ2n) is 2.68. The number of rotatable bonds is 6. The van der Waals surface area contributed by atoms with E-state index in [1.807, 2.05) is 0 Å². The number of hydrogen-bond donors (Lipinski definition) is 0. The van der Waals surface area contributed by atoms with Gasteiger partial charge in [-0.15, -0.1) is 0 Å². The minimum atomic E-state index is -0.0264. The van der Waals surface area contributed by atoms with Gasteiger partial charge < -0.3 is 0 Å². The molecule has 5 heteroatoms. The largest absolute Gasteiger partial charge is 0 e. The van der Waals surface area contributed by atoms with Crippen molar-refractivity contribution < 1.29 is 54.3 Å². The van der Waals surface area contributed by atoms with Crippen molar-refractivity contribution in [2.24, 2.45) is 0 Å². The third-order valence-electron chi connectivity index (χ3n) is 1.65. The van der Waals surface area contributed by atoms with E-state index in [1.165, 1.54) is 25.7 Å². The summed E-state index contributed by atoms with van der Waals surface area (Å²) >= 11 is 0.633. The van der Waals surface area contributed by atoms with E-state index in [9.17, 15) is 4.79 Å². The van der Waals surface area contributed by atoms with Crippen LogP contribution in [0.1, 0.15) is 45.4 Å². The van der Waals surface area contributed by atoms with Crippen molar-refractivity contribution in [2.75, 3.05) is 0 Å². The molecule has 13 heavy (non-hydrogen) atoms. The molecule has 0 N–H and O–H groups in total. The zero-order valence-corrected chi connectivity index (χ0v) is 15.0. The quantitative estimate of drug-likeness (QED) is 0.443. The van der Waals surface area contributed by atoms with Crippen LogP contribution in [0.3, 0.4) is 0 Å². The molecule has 0 bridgehead atoms. The summed E-state index contributed by atoms with van der Waals surface area (Å²) < 4.78 is 4.64. The molecule has 0 heterocycles. The number of unbranched alkanes of at least 4 members (excludes halogenated alkanes) is 4. The van der Waals surface area contributed by atoms with Crippen molar-refractivity contribution in [2.45, 2.75) is 45.4 Å². The summed E-state index contributed by atoms with van der Waals surface area (Å²) in [6.45, 7) is 2.19. The van der Waals surface area contributed by atoms with Crippen LogP contribution in [0.15, 0.2) is 0 Å². The fourth-order valence-corrected chi connectivity index (χ4v) is 1.25. The molecule has 0 rings (SSSR count). The zero-order valence-electron chi connectivity index (χ0n) is 7.97. The van der Waals surface area contributed by atoms with E-state index in [-0.39, 0.29) is 82.1 Å². The molecular weight excluding hydrogens is 443 g/mol. The molecule has 0 amide bonds. The summed E-state index contributed by atoms with van der Waals surface area (Å²) in [5, 5.41) is 0. The predicted octanol–water partition coefficient (Wildman–Crippen LogP) is 1.43. The SMILES string of the molecule is CCCCCCCC(=O)[O][Zn].[BaH2].[Cd]. The van der Waals surface area contributed by atoms with Crippen LogP contribution in [0.4, 0.5) is 0 Å². The van der Waals surface area contributed by atoms with Crippen molar-refractivity contribution in [1.82, 2.24) is 0 Å². The number of hydrogen-bond acceptors (Lipinski definition) is 2. The molecule has 0 saturated heterocycles. The molecule has 0 spiro atoms. The number of carbonyl (C=O) groups is 1. The normalized spacial score (nSPS) is 8.23. The van der Waals surface area contributed by atoms with Gasteiger partial charge in [-0.1, -0.05) is 0 Å². The fraction of sp³-hybridized carbons (Fsp3) is 0.875. The van der Waals surface area contributed by atoms with Gasteiger partial charge in [0.05, 0.1) is 0 Å². The standard InChI is InChI=1S/C8H16O2.Ba.Cd.Zn.2H/c1-2-3-4-5-6-7-8(9)10;;;;;/h2-7H2,1H3,(H,9,10);;;;;/q;;;+1;;/p-1. The van der Waals surface area contributed by atoms with Crippen LogP contribution in [0.25, 0.3) is 0 Å². The molecule has 0 fully saturated rings. The molecular formula is C8H17BaCdO2Zn. The summed E-state index contributed by atoms with van der Waals surface area (Å²) in [6.07, 6.45) is 6.58. The van der Waals surface area contributed by atoms with Crippen LogP contribution in [-0.4, -0.2) is 54.9 Å². The van der Waals surface area contributed by atoms with Gasteiger partial charge in [-0.2, -0.15) is 0 Å². The monoisotopic (exact) mass is 461 g/mol. The van der Waals surface area contributed by atoms with Gasteiger partial charge >= 0.3 is 127 Å². The van der Waals surface area contributed by atoms with Crippen LogP contribution >= 0.6 is 0 Å². The van der Waals surface area contributed by atoms with Gasteiger partial charge in [0.15, 0.2) is 0 Å². The summed E-state index contributed by atoms with van der Waals surface area (Å²) in [7, 11) is 0. The van der Waals surface area contributed by atoms with Gasteiger partial charge in [0, 0.05) is 27.3 Å². The Balaban J connectivity index is -0.000000500. The molecule has 0 aromatic heterocycles. The van der Waals surface area contributed by atoms with Gasteiger partial charge in [-0.05, 0) is 0 Å². The van der Waals surface area contributed by atoms with Gasteiger partial charge in [-0.3, -0.25) is 0 Å². The van der Waals surface area contributed by atoms with Crippen LogP contribution < -0.4 is 0 Å². The van der Waals surface area contributed by atoms with E-state index in [4.69, 9.17) is 0 Å². The first-order valence-corrected chi connectivity index (χ1v) is 5.47. The second kappa shape index (κ2) is 17.0. The molecule has 0 aliphatic carbocycles. The Kier molecular flexibility index (Phi) is 27.4. The molecule has 0 aromatic carbocycles. The van der Waals surface area contributed by atoms with E-state index in [0.717, 1.165) is 6.42 Å². The Morgan fingerprint density at radius 3 is 2.23 bits per heavy atom. The molecule has 0 radical (unpaired) electrons. The predicted molar refractivity (Wildman–Crippen MR) is 48.0 cm³/mol. The van der Waals surface area contributed by atoms with Crippen molar-refractivity contribution in [3.05, 3.63) is 0 Å². The maximum Gasteiger partial charge on any atom is 0 e. The minimum Gasteiger partial charge on any atom is 0 e. The van der Waals surface area contributed by atoms with Crippen molar-refractivity contribution in [1.29, 1.82) is 0 Å². The van der Waals surface area contributed by atoms with Crippen LogP contribution in [-0.2, 0) is 54.3 Å². The molecule has 0 unspecified atom stereocenters. The fourth-order valence-electron chi connectivity index (χ4n) is 0.945. The van der Waals surface area contributed by atoms with Gasteiger partial charge in [-0.25, -0.2) is 0 Å². The van der Waals surface area contributed by atoms with Gasteiger partial charge in [0.1, 0.15) is 0 Å². The van der Waals surface area contributed by atoms with Crippen molar-refractivity contribution in [3.63, 3.8) is 0 Å². The van der Waals surface area contributed by atoms with Gasteiger partial charge in [0.25, 0.3) is 0 Å². The Bertz CT molecular complexity index is 114. The third kappa shape index (κ3) is 17.2. The maximum atomic E-state index is 10.7. The first kappa shape index (κ1) is 20.9. The summed E-state index contributed by atoms with van der Waals surface area (Å²) in [6, 6.07) is 0. The van der Waals surface area contributed by atoms with Crippen LogP contribution in [0.5, 0.6) is 0 Å². The molecule has 0 saturated carbocycles.